The highest BCUT2D eigenvalue weighted by Crippen LogP contribution is 2.27. The Labute approximate surface area is 185 Å². The van der Waals surface area contributed by atoms with Gasteiger partial charge in [0.15, 0.2) is 5.82 Å². The summed E-state index contributed by atoms with van der Waals surface area (Å²) in [6.45, 7) is 0.635. The van der Waals surface area contributed by atoms with Crippen LogP contribution >= 0.6 is 0 Å². The van der Waals surface area contributed by atoms with E-state index in [1.54, 1.807) is 12.4 Å². The van der Waals surface area contributed by atoms with Crippen LogP contribution in [-0.2, 0) is 13.6 Å². The second-order valence-corrected chi connectivity index (χ2v) is 7.51. The number of rotatable bonds is 5. The third kappa shape index (κ3) is 3.68. The largest absolute Gasteiger partial charge is 0.327 e. The fraction of sp³-hybridized carbons (Fsp3) is 0.0769. The van der Waals surface area contributed by atoms with E-state index in [1.807, 2.05) is 83.2 Å². The lowest BCUT2D eigenvalue weighted by Crippen LogP contribution is -2.00. The molecule has 0 saturated heterocycles. The number of allylic oxidation sites excluding steroid dienone is 1. The summed E-state index contributed by atoms with van der Waals surface area (Å²) in [5, 5.41) is 14.8. The number of aromatic nitrogens is 5. The summed E-state index contributed by atoms with van der Waals surface area (Å²) in [7, 11) is 1.93. The van der Waals surface area contributed by atoms with Gasteiger partial charge in [0, 0.05) is 36.8 Å². The molecule has 5 aromatic rings. The van der Waals surface area contributed by atoms with E-state index >= 15 is 0 Å². The summed E-state index contributed by atoms with van der Waals surface area (Å²) >= 11 is 0. The molecule has 32 heavy (non-hydrogen) atoms. The third-order valence-electron chi connectivity index (χ3n) is 5.36. The zero-order valence-corrected chi connectivity index (χ0v) is 17.6. The molecule has 0 atom stereocenters. The number of pyridine rings is 1. The van der Waals surface area contributed by atoms with Gasteiger partial charge in [-0.1, -0.05) is 42.5 Å². The normalized spacial score (nSPS) is 11.6. The van der Waals surface area contributed by atoms with Gasteiger partial charge in [0.05, 0.1) is 23.2 Å². The minimum Gasteiger partial charge on any atom is -0.327 e. The van der Waals surface area contributed by atoms with Gasteiger partial charge in [0.25, 0.3) is 0 Å². The molecule has 5 rings (SSSR count). The van der Waals surface area contributed by atoms with Crippen LogP contribution in [0.2, 0.25) is 0 Å². The Morgan fingerprint density at radius 3 is 2.59 bits per heavy atom. The van der Waals surface area contributed by atoms with Crippen molar-refractivity contribution in [1.29, 1.82) is 5.26 Å². The Morgan fingerprint density at radius 2 is 1.84 bits per heavy atom. The van der Waals surface area contributed by atoms with Crippen LogP contribution in [-0.4, -0.2) is 24.3 Å². The molecule has 2 aromatic carbocycles. The summed E-state index contributed by atoms with van der Waals surface area (Å²) < 4.78 is 3.84. The van der Waals surface area contributed by atoms with Crippen LogP contribution in [0.3, 0.4) is 0 Å². The lowest BCUT2D eigenvalue weighted by molar-refractivity contribution is 0.689. The summed E-state index contributed by atoms with van der Waals surface area (Å²) in [4.78, 5) is 8.93. The molecule has 0 saturated carbocycles. The maximum atomic E-state index is 9.98. The van der Waals surface area contributed by atoms with Crippen LogP contribution in [0.4, 0.5) is 0 Å². The van der Waals surface area contributed by atoms with Gasteiger partial charge in [-0.05, 0) is 35.9 Å². The van der Waals surface area contributed by atoms with E-state index < -0.39 is 0 Å². The van der Waals surface area contributed by atoms with Gasteiger partial charge in [-0.2, -0.15) is 10.4 Å². The number of para-hydroxylation sites is 2. The lowest BCUT2D eigenvalue weighted by atomic mass is 10.1. The molecular weight excluding hydrogens is 396 g/mol. The van der Waals surface area contributed by atoms with Crippen molar-refractivity contribution in [3.8, 4) is 17.3 Å². The van der Waals surface area contributed by atoms with E-state index in [1.165, 1.54) is 0 Å². The Hall–Kier alpha value is -4.50. The Balaban J connectivity index is 1.62. The maximum absolute atomic E-state index is 9.98. The molecule has 6 nitrogen and oxygen atoms in total. The number of benzene rings is 2. The van der Waals surface area contributed by atoms with Crippen molar-refractivity contribution >= 4 is 22.7 Å². The van der Waals surface area contributed by atoms with E-state index in [4.69, 9.17) is 5.10 Å². The third-order valence-corrected chi connectivity index (χ3v) is 5.36. The summed E-state index contributed by atoms with van der Waals surface area (Å²) in [5.41, 5.74) is 5.99. The van der Waals surface area contributed by atoms with Crippen molar-refractivity contribution in [2.75, 3.05) is 0 Å². The van der Waals surface area contributed by atoms with Crippen molar-refractivity contribution in [3.63, 3.8) is 0 Å². The number of nitrogens with zero attached hydrogens (tertiary/aromatic N) is 6. The standard InChI is InChI=1S/C26H20N6/c1-31-24-12-6-5-11-23(24)29-26(31)21(15-27)14-22-18-32(17-19-8-3-2-4-9-19)30-25(22)20-10-7-13-28-16-20/h2-14,16,18H,17H2,1H3/b21-14-. The highest BCUT2D eigenvalue weighted by molar-refractivity contribution is 5.93. The molecule has 0 radical (unpaired) electrons. The minimum atomic E-state index is 0.480. The average molecular weight is 416 g/mol. The smallest absolute Gasteiger partial charge is 0.151 e. The molecule has 0 bridgehead atoms. The van der Waals surface area contributed by atoms with Crippen LogP contribution < -0.4 is 0 Å². The van der Waals surface area contributed by atoms with Crippen LogP contribution in [0.15, 0.2) is 85.3 Å². The number of hydrogen-bond acceptors (Lipinski definition) is 4. The van der Waals surface area contributed by atoms with Crippen LogP contribution in [0.25, 0.3) is 33.9 Å². The molecule has 0 aliphatic carbocycles. The number of hydrogen-bond donors (Lipinski definition) is 0. The summed E-state index contributed by atoms with van der Waals surface area (Å²) in [5.74, 6) is 0.627. The van der Waals surface area contributed by atoms with Crippen LogP contribution in [0, 0.1) is 11.3 Å². The van der Waals surface area contributed by atoms with E-state index in [9.17, 15) is 5.26 Å². The SMILES string of the molecule is Cn1c(/C(C#N)=C\c2cn(Cc3ccccc3)nc2-c2cccnc2)nc2ccccc21. The first kappa shape index (κ1) is 19.5. The second-order valence-electron chi connectivity index (χ2n) is 7.51. The highest BCUT2D eigenvalue weighted by atomic mass is 15.3. The molecule has 0 fully saturated rings. The summed E-state index contributed by atoms with van der Waals surface area (Å²) in [6.07, 6.45) is 7.35. The first-order chi connectivity index (χ1) is 15.7. The van der Waals surface area contributed by atoms with Crippen molar-refractivity contribution < 1.29 is 0 Å². The van der Waals surface area contributed by atoms with Crippen LogP contribution in [0.5, 0.6) is 0 Å². The predicted octanol–water partition coefficient (Wildman–Crippen LogP) is 4.94. The number of fused-ring (bicyclic) bond motifs is 1. The van der Waals surface area contributed by atoms with E-state index in [2.05, 4.69) is 28.2 Å². The molecule has 0 aliphatic heterocycles. The van der Waals surface area contributed by atoms with Crippen molar-refractivity contribution in [2.24, 2.45) is 7.05 Å². The maximum Gasteiger partial charge on any atom is 0.151 e. The van der Waals surface area contributed by atoms with Gasteiger partial charge in [0.2, 0.25) is 0 Å². The molecular formula is C26H20N6. The van der Waals surface area contributed by atoms with E-state index in [0.29, 0.717) is 17.9 Å². The molecule has 0 unspecified atom stereocenters. The Kier molecular flexibility index (Phi) is 5.06. The van der Waals surface area contributed by atoms with Crippen molar-refractivity contribution in [3.05, 3.63) is 102 Å². The molecule has 0 N–H and O–H groups in total. The number of nitriles is 1. The molecule has 154 valence electrons. The molecule has 3 heterocycles. The van der Waals surface area contributed by atoms with Gasteiger partial charge < -0.3 is 4.57 Å². The Morgan fingerprint density at radius 1 is 1.03 bits per heavy atom. The first-order valence-corrected chi connectivity index (χ1v) is 10.3. The zero-order valence-electron chi connectivity index (χ0n) is 17.6. The van der Waals surface area contributed by atoms with Gasteiger partial charge in [0.1, 0.15) is 11.8 Å². The molecule has 6 heteroatoms. The monoisotopic (exact) mass is 416 g/mol. The van der Waals surface area contributed by atoms with Crippen molar-refractivity contribution in [1.82, 2.24) is 24.3 Å². The van der Waals surface area contributed by atoms with Crippen LogP contribution in [0.1, 0.15) is 17.0 Å². The van der Waals surface area contributed by atoms with Gasteiger partial charge >= 0.3 is 0 Å². The van der Waals surface area contributed by atoms with E-state index in [0.717, 1.165) is 33.4 Å². The fourth-order valence-corrected chi connectivity index (χ4v) is 3.81. The van der Waals surface area contributed by atoms with Gasteiger partial charge in [-0.15, -0.1) is 0 Å². The van der Waals surface area contributed by atoms with Crippen molar-refractivity contribution in [2.45, 2.75) is 6.54 Å². The highest BCUT2D eigenvalue weighted by Gasteiger charge is 2.15. The molecule has 0 spiro atoms. The summed E-state index contributed by atoms with van der Waals surface area (Å²) in [6, 6.07) is 24.2. The fourth-order valence-electron chi connectivity index (χ4n) is 3.81. The Bertz CT molecular complexity index is 1450. The molecule has 3 aromatic heterocycles. The zero-order chi connectivity index (χ0) is 21.9. The van der Waals surface area contributed by atoms with Gasteiger partial charge in [-0.25, -0.2) is 4.98 Å². The molecule has 0 amide bonds. The number of imidazole rings is 1. The molecule has 0 aliphatic rings. The predicted molar refractivity (Wildman–Crippen MR) is 125 cm³/mol. The first-order valence-electron chi connectivity index (χ1n) is 10.3. The topological polar surface area (TPSA) is 72.3 Å². The quantitative estimate of drug-likeness (QED) is 0.380. The lowest BCUT2D eigenvalue weighted by Gasteiger charge is -2.02. The second kappa shape index (κ2) is 8.32. The average Bonchev–Trinajstić information content (AvgIpc) is 3.39. The number of aryl methyl sites for hydroxylation is 1. The van der Waals surface area contributed by atoms with Gasteiger partial charge in [-0.3, -0.25) is 9.67 Å². The minimum absolute atomic E-state index is 0.480. The van der Waals surface area contributed by atoms with E-state index in [-0.39, 0.29) is 0 Å².